The Balaban J connectivity index is 2.05. The molecule has 2 nitrogen and oxygen atoms in total. The quantitative estimate of drug-likeness (QED) is 0.875. The van der Waals surface area contributed by atoms with Gasteiger partial charge in [0, 0.05) is 18.1 Å². The third-order valence-electron chi connectivity index (χ3n) is 2.68. The van der Waals surface area contributed by atoms with Crippen molar-refractivity contribution in [1.29, 1.82) is 0 Å². The molecular weight excluding hydrogens is 274 g/mol. The van der Waals surface area contributed by atoms with Crippen LogP contribution in [-0.2, 0) is 6.61 Å². The Morgan fingerprint density at radius 1 is 1.10 bits per heavy atom. The summed E-state index contributed by atoms with van der Waals surface area (Å²) in [5.41, 5.74) is 1.58. The summed E-state index contributed by atoms with van der Waals surface area (Å²) >= 11 is 0. The van der Waals surface area contributed by atoms with Crippen molar-refractivity contribution in [2.24, 2.45) is 0 Å². The number of ether oxygens (including phenoxy) is 1. The zero-order valence-corrected chi connectivity index (χ0v) is 11.3. The van der Waals surface area contributed by atoms with Crippen molar-refractivity contribution >= 4 is 0 Å². The van der Waals surface area contributed by atoms with Crippen molar-refractivity contribution in [3.63, 3.8) is 0 Å². The van der Waals surface area contributed by atoms with Gasteiger partial charge in [-0.3, -0.25) is 0 Å². The number of rotatable bonds is 4. The normalized spacial score (nSPS) is 9.86. The molecule has 0 aromatic heterocycles. The molecule has 0 bridgehead atoms. The molecule has 0 unspecified atom stereocenters. The number of aliphatic hydroxyl groups is 1. The molecule has 2 aromatic carbocycles. The lowest BCUT2D eigenvalue weighted by molar-refractivity contribution is 0.288. The van der Waals surface area contributed by atoms with E-state index in [0.717, 1.165) is 29.3 Å². The maximum absolute atomic E-state index is 13.4. The Bertz CT molecular complexity index is 672. The molecule has 0 aliphatic heterocycles. The van der Waals surface area contributed by atoms with Gasteiger partial charge in [0.2, 0.25) is 0 Å². The Morgan fingerprint density at radius 2 is 1.95 bits per heavy atom. The topological polar surface area (TPSA) is 29.5 Å². The van der Waals surface area contributed by atoms with E-state index in [1.165, 1.54) is 0 Å². The molecule has 0 aliphatic carbocycles. The molecule has 0 radical (unpaired) electrons. The highest BCUT2D eigenvalue weighted by Crippen LogP contribution is 2.19. The first-order valence-electron chi connectivity index (χ1n) is 6.45. The lowest BCUT2D eigenvalue weighted by Gasteiger charge is -2.07. The molecule has 0 spiro atoms. The fraction of sp³-hybridized carbons (Fsp3) is 0.176. The first kappa shape index (κ1) is 15.0. The molecule has 0 amide bonds. The molecule has 0 saturated heterocycles. The number of hydrogen-bond donors (Lipinski definition) is 1. The van der Waals surface area contributed by atoms with Crippen LogP contribution in [0.25, 0.3) is 0 Å². The second kappa shape index (κ2) is 7.41. The van der Waals surface area contributed by atoms with Crippen LogP contribution < -0.4 is 4.74 Å². The van der Waals surface area contributed by atoms with E-state index >= 15 is 0 Å². The monoisotopic (exact) mass is 288 g/mol. The van der Waals surface area contributed by atoms with E-state index in [1.807, 2.05) is 24.3 Å². The van der Waals surface area contributed by atoms with Crippen LogP contribution in [0.5, 0.6) is 5.75 Å². The van der Waals surface area contributed by atoms with Gasteiger partial charge in [0.1, 0.15) is 12.4 Å². The molecule has 1 N–H and O–H groups in total. The van der Waals surface area contributed by atoms with Crippen molar-refractivity contribution in [3.05, 3.63) is 65.2 Å². The highest BCUT2D eigenvalue weighted by molar-refractivity contribution is 5.37. The van der Waals surface area contributed by atoms with Crippen LogP contribution in [0, 0.1) is 23.5 Å². The number of hydrogen-bond acceptors (Lipinski definition) is 2. The highest BCUT2D eigenvalue weighted by atomic mass is 19.1. The van der Waals surface area contributed by atoms with E-state index in [4.69, 9.17) is 9.84 Å². The number of aliphatic hydroxyl groups excluding tert-OH is 1. The van der Waals surface area contributed by atoms with Crippen molar-refractivity contribution in [2.75, 3.05) is 6.61 Å². The summed E-state index contributed by atoms with van der Waals surface area (Å²) in [5.74, 6) is 4.46. The van der Waals surface area contributed by atoms with Gasteiger partial charge >= 0.3 is 0 Å². The summed E-state index contributed by atoms with van der Waals surface area (Å²) in [6, 6.07) is 10.3. The minimum absolute atomic E-state index is 0.0225. The second-order valence-corrected chi connectivity index (χ2v) is 4.34. The molecule has 4 heteroatoms. The Labute approximate surface area is 122 Å². The van der Waals surface area contributed by atoms with Gasteiger partial charge in [0.05, 0.1) is 6.61 Å². The zero-order chi connectivity index (χ0) is 15.1. The standard InChI is InChI=1S/C17H14F2O2/c18-15-7-8-16(19)17(11-15)21-12-14-6-3-5-13(10-14)4-1-2-9-20/h3,5-8,10-11,20H,2,9,12H2. The van der Waals surface area contributed by atoms with Crippen LogP contribution in [0.4, 0.5) is 8.78 Å². The van der Waals surface area contributed by atoms with E-state index in [2.05, 4.69) is 11.8 Å². The Morgan fingerprint density at radius 3 is 2.76 bits per heavy atom. The third kappa shape index (κ3) is 4.59. The van der Waals surface area contributed by atoms with Gasteiger partial charge < -0.3 is 9.84 Å². The van der Waals surface area contributed by atoms with Crippen molar-refractivity contribution in [3.8, 4) is 17.6 Å². The molecule has 2 aromatic rings. The predicted octanol–water partition coefficient (Wildman–Crippen LogP) is 3.28. The van der Waals surface area contributed by atoms with E-state index in [9.17, 15) is 8.78 Å². The van der Waals surface area contributed by atoms with Crippen LogP contribution in [0.3, 0.4) is 0 Å². The molecule has 108 valence electrons. The Kier molecular flexibility index (Phi) is 5.30. The summed E-state index contributed by atoms with van der Waals surface area (Å²) in [7, 11) is 0. The average Bonchev–Trinajstić information content (AvgIpc) is 2.49. The second-order valence-electron chi connectivity index (χ2n) is 4.34. The molecule has 0 fully saturated rings. The molecule has 21 heavy (non-hydrogen) atoms. The van der Waals surface area contributed by atoms with Crippen molar-refractivity contribution in [2.45, 2.75) is 13.0 Å². The fourth-order valence-corrected chi connectivity index (χ4v) is 1.71. The molecule has 0 heterocycles. The molecule has 0 aliphatic rings. The van der Waals surface area contributed by atoms with Crippen LogP contribution in [-0.4, -0.2) is 11.7 Å². The molecule has 0 saturated carbocycles. The maximum Gasteiger partial charge on any atom is 0.165 e. The summed E-state index contributed by atoms with van der Waals surface area (Å²) in [6.45, 7) is 0.143. The lowest BCUT2D eigenvalue weighted by atomic mass is 10.1. The summed E-state index contributed by atoms with van der Waals surface area (Å²) < 4.78 is 31.7. The van der Waals surface area contributed by atoms with Crippen LogP contribution in [0.2, 0.25) is 0 Å². The minimum Gasteiger partial charge on any atom is -0.486 e. The van der Waals surface area contributed by atoms with Gasteiger partial charge in [-0.05, 0) is 29.8 Å². The lowest BCUT2D eigenvalue weighted by Crippen LogP contribution is -1.98. The van der Waals surface area contributed by atoms with Crippen LogP contribution in [0.15, 0.2) is 42.5 Å². The van der Waals surface area contributed by atoms with Gasteiger partial charge in [0.25, 0.3) is 0 Å². The number of benzene rings is 2. The first-order chi connectivity index (χ1) is 10.2. The van der Waals surface area contributed by atoms with E-state index in [-0.39, 0.29) is 19.0 Å². The molecule has 0 atom stereocenters. The fourth-order valence-electron chi connectivity index (χ4n) is 1.71. The van der Waals surface area contributed by atoms with E-state index < -0.39 is 11.6 Å². The van der Waals surface area contributed by atoms with Crippen LogP contribution in [0.1, 0.15) is 17.5 Å². The SMILES string of the molecule is OCCC#Cc1cccc(COc2cc(F)ccc2F)c1. The summed E-state index contributed by atoms with van der Waals surface area (Å²) in [4.78, 5) is 0. The van der Waals surface area contributed by atoms with Gasteiger partial charge in [-0.25, -0.2) is 8.78 Å². The zero-order valence-electron chi connectivity index (χ0n) is 11.3. The highest BCUT2D eigenvalue weighted by Gasteiger charge is 2.05. The summed E-state index contributed by atoms with van der Waals surface area (Å²) in [5, 5.41) is 8.67. The smallest absolute Gasteiger partial charge is 0.165 e. The molecular formula is C17H14F2O2. The largest absolute Gasteiger partial charge is 0.486 e. The average molecular weight is 288 g/mol. The van der Waals surface area contributed by atoms with Gasteiger partial charge in [-0.15, -0.1) is 0 Å². The minimum atomic E-state index is -0.602. The van der Waals surface area contributed by atoms with Crippen molar-refractivity contribution < 1.29 is 18.6 Å². The van der Waals surface area contributed by atoms with Gasteiger partial charge in [-0.1, -0.05) is 24.0 Å². The molecule has 2 rings (SSSR count). The maximum atomic E-state index is 13.4. The predicted molar refractivity (Wildman–Crippen MR) is 75.7 cm³/mol. The van der Waals surface area contributed by atoms with Gasteiger partial charge in [0.15, 0.2) is 11.6 Å². The van der Waals surface area contributed by atoms with Crippen LogP contribution >= 0.6 is 0 Å². The van der Waals surface area contributed by atoms with E-state index in [1.54, 1.807) is 0 Å². The Hall–Kier alpha value is -2.38. The summed E-state index contributed by atoms with van der Waals surface area (Å²) in [6.07, 6.45) is 0.412. The third-order valence-corrected chi connectivity index (χ3v) is 2.68. The van der Waals surface area contributed by atoms with Gasteiger partial charge in [-0.2, -0.15) is 0 Å². The first-order valence-corrected chi connectivity index (χ1v) is 6.45. The van der Waals surface area contributed by atoms with Crippen molar-refractivity contribution in [1.82, 2.24) is 0 Å². The van der Waals surface area contributed by atoms with E-state index in [0.29, 0.717) is 6.42 Å². The number of halogens is 2.